The lowest BCUT2D eigenvalue weighted by atomic mass is 9.69. The van der Waals surface area contributed by atoms with E-state index in [4.69, 9.17) is 0 Å². The Kier molecular flexibility index (Phi) is 7.48. The molecule has 1 spiro atoms. The molecule has 2 heteroatoms. The Hall–Kier alpha value is -7.68. The fraction of sp³-hybridized carbons (Fsp3) is 0.0175. The summed E-state index contributed by atoms with van der Waals surface area (Å²) in [5, 5.41) is 4.91. The molecule has 276 valence electrons. The standard InChI is InChI=1S/C57H38N2/c1-4-22-41(23-5-1)58(42-24-6-2-7-25-42)44-35-36-48-47-30-14-16-32-50(47)57(52(48)38-44)51-33-17-15-31-49(51)55-54(37-40-20-11-13-29-46(40)56(55)57)59(43-26-8-3-9-27-43)53-34-18-21-39-19-10-12-28-45(39)53/h1-38H. The van der Waals surface area contributed by atoms with Crippen LogP contribution in [-0.2, 0) is 5.41 Å². The van der Waals surface area contributed by atoms with E-state index in [2.05, 4.69) is 240 Å². The maximum Gasteiger partial charge on any atom is 0.0733 e. The van der Waals surface area contributed by atoms with Gasteiger partial charge in [0.25, 0.3) is 0 Å². The smallest absolute Gasteiger partial charge is 0.0733 e. The van der Waals surface area contributed by atoms with Gasteiger partial charge in [0.05, 0.1) is 16.8 Å². The second-order valence-electron chi connectivity index (χ2n) is 15.6. The number of anilines is 6. The molecule has 12 rings (SSSR count). The third kappa shape index (κ3) is 4.87. The highest BCUT2D eigenvalue weighted by atomic mass is 15.2. The van der Waals surface area contributed by atoms with Gasteiger partial charge in [-0.05, 0) is 116 Å². The first-order chi connectivity index (χ1) is 29.3. The lowest BCUT2D eigenvalue weighted by molar-refractivity contribution is 0.801. The zero-order valence-corrected chi connectivity index (χ0v) is 32.3. The Balaban J connectivity index is 1.22. The summed E-state index contributed by atoms with van der Waals surface area (Å²) in [5.41, 5.74) is 16.6. The number of para-hydroxylation sites is 3. The quantitative estimate of drug-likeness (QED) is 0.167. The number of rotatable bonds is 6. The van der Waals surface area contributed by atoms with Crippen LogP contribution >= 0.6 is 0 Å². The van der Waals surface area contributed by atoms with Gasteiger partial charge >= 0.3 is 0 Å². The van der Waals surface area contributed by atoms with E-state index in [1.165, 1.54) is 71.7 Å². The topological polar surface area (TPSA) is 6.48 Å². The number of nitrogens with zero attached hydrogens (tertiary/aromatic N) is 2. The molecular weight excluding hydrogens is 713 g/mol. The fourth-order valence-corrected chi connectivity index (χ4v) is 10.3. The Bertz CT molecular complexity index is 3180. The molecule has 0 saturated heterocycles. The molecule has 2 nitrogen and oxygen atoms in total. The van der Waals surface area contributed by atoms with Crippen molar-refractivity contribution in [2.24, 2.45) is 0 Å². The van der Waals surface area contributed by atoms with Crippen LogP contribution in [0.1, 0.15) is 22.3 Å². The molecule has 0 bridgehead atoms. The van der Waals surface area contributed by atoms with E-state index >= 15 is 0 Å². The number of fused-ring (bicyclic) bond motifs is 13. The molecule has 59 heavy (non-hydrogen) atoms. The molecule has 0 saturated carbocycles. The molecule has 1 atom stereocenters. The summed E-state index contributed by atoms with van der Waals surface area (Å²) in [6.07, 6.45) is 0. The Morgan fingerprint density at radius 1 is 0.288 bits per heavy atom. The highest BCUT2D eigenvalue weighted by Gasteiger charge is 2.53. The van der Waals surface area contributed by atoms with Crippen molar-refractivity contribution in [3.05, 3.63) is 253 Å². The first kappa shape index (κ1) is 33.5. The molecule has 2 aliphatic rings. The summed E-state index contributed by atoms with van der Waals surface area (Å²) in [7, 11) is 0. The first-order valence-corrected chi connectivity index (χ1v) is 20.4. The molecule has 0 aromatic heterocycles. The zero-order chi connectivity index (χ0) is 38.9. The van der Waals surface area contributed by atoms with Crippen molar-refractivity contribution in [1.82, 2.24) is 0 Å². The van der Waals surface area contributed by atoms with Crippen molar-refractivity contribution in [1.29, 1.82) is 0 Å². The van der Waals surface area contributed by atoms with E-state index in [1.807, 2.05) is 0 Å². The van der Waals surface area contributed by atoms with Crippen molar-refractivity contribution in [3.63, 3.8) is 0 Å². The van der Waals surface area contributed by atoms with E-state index in [1.54, 1.807) is 0 Å². The van der Waals surface area contributed by atoms with E-state index in [0.29, 0.717) is 0 Å². The molecule has 0 fully saturated rings. The van der Waals surface area contributed by atoms with Crippen LogP contribution in [0, 0.1) is 0 Å². The van der Waals surface area contributed by atoms with E-state index in [0.717, 1.165) is 28.4 Å². The van der Waals surface area contributed by atoms with Gasteiger partial charge in [-0.25, -0.2) is 0 Å². The summed E-state index contributed by atoms with van der Waals surface area (Å²) in [4.78, 5) is 4.90. The lowest BCUT2D eigenvalue weighted by Crippen LogP contribution is -2.27. The average molecular weight is 751 g/mol. The number of hydrogen-bond acceptors (Lipinski definition) is 2. The number of hydrogen-bond donors (Lipinski definition) is 0. The molecule has 2 aliphatic carbocycles. The van der Waals surface area contributed by atoms with Crippen LogP contribution in [0.2, 0.25) is 0 Å². The van der Waals surface area contributed by atoms with Gasteiger partial charge in [0.2, 0.25) is 0 Å². The van der Waals surface area contributed by atoms with Crippen LogP contribution in [0.5, 0.6) is 0 Å². The fourth-order valence-electron chi connectivity index (χ4n) is 10.3. The predicted molar refractivity (Wildman–Crippen MR) is 247 cm³/mol. The second-order valence-corrected chi connectivity index (χ2v) is 15.6. The van der Waals surface area contributed by atoms with Crippen LogP contribution < -0.4 is 9.80 Å². The van der Waals surface area contributed by atoms with Gasteiger partial charge in [-0.2, -0.15) is 0 Å². The maximum atomic E-state index is 2.51. The zero-order valence-electron chi connectivity index (χ0n) is 32.3. The molecule has 1 unspecified atom stereocenters. The van der Waals surface area contributed by atoms with Gasteiger partial charge < -0.3 is 9.80 Å². The monoisotopic (exact) mass is 750 g/mol. The summed E-state index contributed by atoms with van der Waals surface area (Å²) in [6, 6.07) is 84.8. The average Bonchev–Trinajstić information content (AvgIpc) is 3.78. The predicted octanol–water partition coefficient (Wildman–Crippen LogP) is 15.3. The van der Waals surface area contributed by atoms with Crippen LogP contribution in [-0.4, -0.2) is 0 Å². The van der Waals surface area contributed by atoms with Crippen molar-refractivity contribution < 1.29 is 0 Å². The summed E-state index contributed by atoms with van der Waals surface area (Å²) >= 11 is 0. The van der Waals surface area contributed by atoms with Crippen LogP contribution in [0.4, 0.5) is 34.1 Å². The van der Waals surface area contributed by atoms with Gasteiger partial charge in [-0.1, -0.05) is 170 Å². The van der Waals surface area contributed by atoms with Gasteiger partial charge in [0.1, 0.15) is 0 Å². The van der Waals surface area contributed by atoms with Crippen molar-refractivity contribution in [2.45, 2.75) is 5.41 Å². The van der Waals surface area contributed by atoms with Crippen molar-refractivity contribution in [2.75, 3.05) is 9.80 Å². The van der Waals surface area contributed by atoms with Crippen LogP contribution in [0.15, 0.2) is 231 Å². The molecular formula is C57H38N2. The minimum absolute atomic E-state index is 0.594. The van der Waals surface area contributed by atoms with Gasteiger partial charge in [0.15, 0.2) is 0 Å². The van der Waals surface area contributed by atoms with Gasteiger partial charge in [0, 0.05) is 33.7 Å². The van der Waals surface area contributed by atoms with Crippen molar-refractivity contribution in [3.8, 4) is 22.3 Å². The Morgan fingerprint density at radius 3 is 1.49 bits per heavy atom. The molecule has 0 heterocycles. The Labute approximate surface area is 344 Å². The van der Waals surface area contributed by atoms with Crippen molar-refractivity contribution >= 4 is 55.7 Å². The van der Waals surface area contributed by atoms with E-state index < -0.39 is 5.41 Å². The van der Waals surface area contributed by atoms with Crippen LogP contribution in [0.3, 0.4) is 0 Å². The summed E-state index contributed by atoms with van der Waals surface area (Å²) in [6.45, 7) is 0. The second kappa shape index (κ2) is 13.2. The first-order valence-electron chi connectivity index (χ1n) is 20.4. The van der Waals surface area contributed by atoms with E-state index in [-0.39, 0.29) is 0 Å². The minimum Gasteiger partial charge on any atom is -0.310 e. The Morgan fingerprint density at radius 2 is 0.797 bits per heavy atom. The van der Waals surface area contributed by atoms with Crippen LogP contribution in [0.25, 0.3) is 43.8 Å². The van der Waals surface area contributed by atoms with Gasteiger partial charge in [-0.3, -0.25) is 0 Å². The molecule has 0 amide bonds. The molecule has 0 radical (unpaired) electrons. The minimum atomic E-state index is -0.594. The summed E-state index contributed by atoms with van der Waals surface area (Å²) < 4.78 is 0. The molecule has 10 aromatic carbocycles. The summed E-state index contributed by atoms with van der Waals surface area (Å²) in [5.74, 6) is 0. The molecule has 0 N–H and O–H groups in total. The van der Waals surface area contributed by atoms with Gasteiger partial charge in [-0.15, -0.1) is 0 Å². The number of benzene rings is 10. The third-order valence-electron chi connectivity index (χ3n) is 12.6. The third-order valence-corrected chi connectivity index (χ3v) is 12.6. The lowest BCUT2D eigenvalue weighted by Gasteiger charge is -2.34. The molecule has 0 aliphatic heterocycles. The SMILES string of the molecule is c1ccc(N(c2ccccc2)c2ccc3c(c2)C2(c4ccccc4-3)c3ccccc3-c3c(N(c4ccccc4)c4cccc5ccccc45)cc4ccccc4c32)cc1. The maximum absolute atomic E-state index is 2.51. The largest absolute Gasteiger partial charge is 0.310 e. The highest BCUT2D eigenvalue weighted by Crippen LogP contribution is 2.66. The normalized spacial score (nSPS) is 14.5. The van der Waals surface area contributed by atoms with E-state index in [9.17, 15) is 0 Å². The molecule has 10 aromatic rings. The highest BCUT2D eigenvalue weighted by molar-refractivity contribution is 6.11.